The molecule has 0 aromatic heterocycles. The summed E-state index contributed by atoms with van der Waals surface area (Å²) in [5, 5.41) is 3.64. The third kappa shape index (κ3) is 2.44. The lowest BCUT2D eigenvalue weighted by Crippen LogP contribution is -2.36. The predicted octanol–water partition coefficient (Wildman–Crippen LogP) is 2.70. The van der Waals surface area contributed by atoms with Crippen LogP contribution in [0, 0.1) is 0 Å². The van der Waals surface area contributed by atoms with Crippen LogP contribution in [-0.4, -0.2) is 29.0 Å². The zero-order valence-corrected chi connectivity index (χ0v) is 12.0. The first-order valence-corrected chi connectivity index (χ1v) is 8.20. The molecule has 0 radical (unpaired) electrons. The molecule has 2 heterocycles. The molecule has 2 aliphatic rings. The summed E-state index contributed by atoms with van der Waals surface area (Å²) < 4.78 is 10.9. The van der Waals surface area contributed by atoms with Crippen molar-refractivity contribution in [3.63, 3.8) is 0 Å². The molecule has 0 spiro atoms. The quantitative estimate of drug-likeness (QED) is 0.918. The van der Waals surface area contributed by atoms with E-state index >= 15 is 0 Å². The zero-order valence-electron chi connectivity index (χ0n) is 10.4. The van der Waals surface area contributed by atoms with Crippen molar-refractivity contribution in [3.05, 3.63) is 23.8 Å². The Bertz CT molecular complexity index is 433. The Morgan fingerprint density at radius 1 is 1.39 bits per heavy atom. The van der Waals surface area contributed by atoms with E-state index in [2.05, 4.69) is 24.4 Å². The van der Waals surface area contributed by atoms with E-state index in [4.69, 9.17) is 9.47 Å². The molecule has 1 fully saturated rings. The summed E-state index contributed by atoms with van der Waals surface area (Å²) in [4.78, 5) is 0. The Hall–Kier alpha value is -0.520. The topological polar surface area (TPSA) is 30.5 Å². The normalized spacial score (nSPS) is 25.6. The van der Waals surface area contributed by atoms with Crippen molar-refractivity contribution in [2.45, 2.75) is 17.5 Å². The highest BCUT2D eigenvalue weighted by atomic mass is 32.2. The van der Waals surface area contributed by atoms with Crippen LogP contribution in [0.15, 0.2) is 18.2 Å². The fourth-order valence-corrected chi connectivity index (χ4v) is 5.20. The van der Waals surface area contributed by atoms with Gasteiger partial charge in [0, 0.05) is 18.7 Å². The molecule has 5 heteroatoms. The summed E-state index contributed by atoms with van der Waals surface area (Å²) >= 11 is 4.02. The number of nitrogens with one attached hydrogen (secondary N) is 1. The van der Waals surface area contributed by atoms with Crippen molar-refractivity contribution < 1.29 is 9.47 Å². The van der Waals surface area contributed by atoms with E-state index in [9.17, 15) is 0 Å². The van der Waals surface area contributed by atoms with Crippen molar-refractivity contribution in [1.29, 1.82) is 0 Å². The van der Waals surface area contributed by atoms with Gasteiger partial charge in [-0.1, -0.05) is 13.0 Å². The van der Waals surface area contributed by atoms with Gasteiger partial charge in [-0.25, -0.2) is 0 Å². The average Bonchev–Trinajstić information content (AvgIpc) is 2.98. The third-order valence-electron chi connectivity index (χ3n) is 3.08. The highest BCUT2D eigenvalue weighted by Gasteiger charge is 2.34. The number of thioether (sulfide) groups is 2. The number of hydrogen-bond acceptors (Lipinski definition) is 5. The van der Waals surface area contributed by atoms with Gasteiger partial charge in [-0.3, -0.25) is 5.32 Å². The largest absolute Gasteiger partial charge is 0.454 e. The average molecular weight is 283 g/mol. The van der Waals surface area contributed by atoms with Gasteiger partial charge >= 0.3 is 0 Å². The SMILES string of the molecule is CCSC1(Cc2ccc3c(c2)OCO3)NCCS1. The predicted molar refractivity (Wildman–Crippen MR) is 77.6 cm³/mol. The molecule has 1 aromatic carbocycles. The second-order valence-electron chi connectivity index (χ2n) is 4.33. The summed E-state index contributed by atoms with van der Waals surface area (Å²) in [6.07, 6.45) is 1.02. The van der Waals surface area contributed by atoms with Crippen molar-refractivity contribution in [2.24, 2.45) is 0 Å². The van der Waals surface area contributed by atoms with Crippen LogP contribution < -0.4 is 14.8 Å². The van der Waals surface area contributed by atoms with E-state index in [0.29, 0.717) is 6.79 Å². The molecule has 1 N–H and O–H groups in total. The first kappa shape index (κ1) is 12.5. The molecule has 18 heavy (non-hydrogen) atoms. The van der Waals surface area contributed by atoms with Gasteiger partial charge in [-0.2, -0.15) is 0 Å². The maximum absolute atomic E-state index is 5.44. The van der Waals surface area contributed by atoms with E-state index in [0.717, 1.165) is 30.2 Å². The molecular formula is C13H17NO2S2. The fraction of sp³-hybridized carbons (Fsp3) is 0.538. The first-order chi connectivity index (χ1) is 8.81. The van der Waals surface area contributed by atoms with E-state index in [1.165, 1.54) is 11.3 Å². The lowest BCUT2D eigenvalue weighted by atomic mass is 10.1. The van der Waals surface area contributed by atoms with Gasteiger partial charge < -0.3 is 9.47 Å². The van der Waals surface area contributed by atoms with Crippen LogP contribution in [0.3, 0.4) is 0 Å². The molecule has 98 valence electrons. The van der Waals surface area contributed by atoms with Gasteiger partial charge in [0.05, 0.1) is 0 Å². The minimum atomic E-state index is 0.141. The number of hydrogen-bond donors (Lipinski definition) is 1. The number of fused-ring (bicyclic) bond motifs is 1. The van der Waals surface area contributed by atoms with Gasteiger partial charge in [0.15, 0.2) is 11.5 Å². The molecule has 3 rings (SSSR count). The van der Waals surface area contributed by atoms with Crippen molar-refractivity contribution in [1.82, 2.24) is 5.32 Å². The minimum Gasteiger partial charge on any atom is -0.454 e. The van der Waals surface area contributed by atoms with Gasteiger partial charge in [-0.05, 0) is 23.4 Å². The lowest BCUT2D eigenvalue weighted by molar-refractivity contribution is 0.174. The zero-order chi connectivity index (χ0) is 12.4. The summed E-state index contributed by atoms with van der Waals surface area (Å²) in [5.41, 5.74) is 1.31. The van der Waals surface area contributed by atoms with Gasteiger partial charge in [0.25, 0.3) is 0 Å². The molecular weight excluding hydrogens is 266 g/mol. The van der Waals surface area contributed by atoms with Crippen LogP contribution >= 0.6 is 23.5 Å². The van der Waals surface area contributed by atoms with Crippen LogP contribution in [-0.2, 0) is 6.42 Å². The maximum atomic E-state index is 5.44. The molecule has 1 aromatic rings. The van der Waals surface area contributed by atoms with Gasteiger partial charge in [0.1, 0.15) is 4.20 Å². The molecule has 0 saturated carbocycles. The molecule has 2 aliphatic heterocycles. The van der Waals surface area contributed by atoms with E-state index in [1.807, 2.05) is 29.6 Å². The van der Waals surface area contributed by atoms with Gasteiger partial charge in [-0.15, -0.1) is 23.5 Å². The van der Waals surface area contributed by atoms with Crippen LogP contribution in [0.2, 0.25) is 0 Å². The molecule has 0 bridgehead atoms. The number of benzene rings is 1. The molecule has 1 unspecified atom stereocenters. The second kappa shape index (κ2) is 5.23. The van der Waals surface area contributed by atoms with Crippen LogP contribution in [0.4, 0.5) is 0 Å². The van der Waals surface area contributed by atoms with E-state index < -0.39 is 0 Å². The third-order valence-corrected chi connectivity index (χ3v) is 6.00. The van der Waals surface area contributed by atoms with Crippen LogP contribution in [0.5, 0.6) is 11.5 Å². The second-order valence-corrected chi connectivity index (χ2v) is 7.54. The van der Waals surface area contributed by atoms with Gasteiger partial charge in [0.2, 0.25) is 6.79 Å². The Morgan fingerprint density at radius 2 is 2.28 bits per heavy atom. The first-order valence-electron chi connectivity index (χ1n) is 6.23. The number of rotatable bonds is 4. The highest BCUT2D eigenvalue weighted by molar-refractivity contribution is 8.18. The van der Waals surface area contributed by atoms with Crippen LogP contribution in [0.25, 0.3) is 0 Å². The Morgan fingerprint density at radius 3 is 3.06 bits per heavy atom. The molecule has 0 aliphatic carbocycles. The smallest absolute Gasteiger partial charge is 0.231 e. The molecule has 3 nitrogen and oxygen atoms in total. The fourth-order valence-electron chi connectivity index (χ4n) is 2.32. The van der Waals surface area contributed by atoms with Crippen molar-refractivity contribution in [3.8, 4) is 11.5 Å². The monoisotopic (exact) mass is 283 g/mol. The number of ether oxygens (including phenoxy) is 2. The molecule has 1 saturated heterocycles. The van der Waals surface area contributed by atoms with Crippen molar-refractivity contribution >= 4 is 23.5 Å². The summed E-state index contributed by atoms with van der Waals surface area (Å²) in [7, 11) is 0. The summed E-state index contributed by atoms with van der Waals surface area (Å²) in [5.74, 6) is 4.07. The molecule has 0 amide bonds. The maximum Gasteiger partial charge on any atom is 0.231 e. The standard InChI is InChI=1S/C13H17NO2S2/c1-2-17-13(14-5-6-18-13)8-10-3-4-11-12(7-10)16-9-15-11/h3-4,7,14H,2,5-6,8-9H2,1H3. The minimum absolute atomic E-state index is 0.141. The molecule has 1 atom stereocenters. The van der Waals surface area contributed by atoms with E-state index in [-0.39, 0.29) is 4.20 Å². The Balaban J connectivity index is 1.78. The Kier molecular flexibility index (Phi) is 3.63. The van der Waals surface area contributed by atoms with Crippen LogP contribution in [0.1, 0.15) is 12.5 Å². The summed E-state index contributed by atoms with van der Waals surface area (Å²) in [6, 6.07) is 6.27. The Labute approximate surface area is 116 Å². The lowest BCUT2D eigenvalue weighted by Gasteiger charge is -2.27. The van der Waals surface area contributed by atoms with E-state index in [1.54, 1.807) is 0 Å². The van der Waals surface area contributed by atoms with Crippen molar-refractivity contribution in [2.75, 3.05) is 24.8 Å². The summed E-state index contributed by atoms with van der Waals surface area (Å²) in [6.45, 7) is 3.66. The highest BCUT2D eigenvalue weighted by Crippen LogP contribution is 2.42.